The average Bonchev–Trinajstić information content (AvgIpc) is 2.62. The standard InChI is InChI=1S/C19H19ClF2N4OS/c1-10(26-28(27)19(2,3)4)12-5-6-23-17-13(12)7-11(8-14(17)21)16-15(22)9-24-18(20)25-16/h5-10,26H,1-4H3/t10?,28-/m0/s1. The van der Waals surface area contributed by atoms with Gasteiger partial charge in [0, 0.05) is 23.2 Å². The number of rotatable bonds is 4. The number of aromatic nitrogens is 3. The number of benzene rings is 1. The highest BCUT2D eigenvalue weighted by molar-refractivity contribution is 7.84. The molecule has 5 nitrogen and oxygen atoms in total. The fraction of sp³-hybridized carbons (Fsp3) is 0.316. The zero-order chi connectivity index (χ0) is 20.6. The van der Waals surface area contributed by atoms with Gasteiger partial charge in [-0.3, -0.25) is 4.98 Å². The lowest BCUT2D eigenvalue weighted by molar-refractivity contribution is 0.616. The Morgan fingerprint density at radius 1 is 1.18 bits per heavy atom. The maximum atomic E-state index is 14.7. The normalized spacial score (nSPS) is 14.2. The molecule has 0 aliphatic heterocycles. The second-order valence-corrected chi connectivity index (χ2v) is 9.65. The summed E-state index contributed by atoms with van der Waals surface area (Å²) in [5, 5.41) is 0.330. The van der Waals surface area contributed by atoms with E-state index in [4.69, 9.17) is 11.6 Å². The van der Waals surface area contributed by atoms with Crippen molar-refractivity contribution in [1.29, 1.82) is 0 Å². The highest BCUT2D eigenvalue weighted by atomic mass is 35.5. The maximum Gasteiger partial charge on any atom is 0.223 e. The molecular formula is C19H19ClF2N4OS. The average molecular weight is 425 g/mol. The first-order valence-corrected chi connectivity index (χ1v) is 10.1. The highest BCUT2D eigenvalue weighted by Gasteiger charge is 2.23. The number of halogens is 3. The molecule has 2 atom stereocenters. The summed E-state index contributed by atoms with van der Waals surface area (Å²) in [5.74, 6) is -1.33. The Morgan fingerprint density at radius 2 is 1.89 bits per heavy atom. The van der Waals surface area contributed by atoms with Gasteiger partial charge in [0.2, 0.25) is 5.28 Å². The van der Waals surface area contributed by atoms with Gasteiger partial charge in [-0.05, 0) is 63.1 Å². The number of fused-ring (bicyclic) bond motifs is 1. The Kier molecular flexibility index (Phi) is 5.74. The molecule has 2 aromatic heterocycles. The lowest BCUT2D eigenvalue weighted by atomic mass is 10.00. The summed E-state index contributed by atoms with van der Waals surface area (Å²) in [6.07, 6.45) is 2.42. The highest BCUT2D eigenvalue weighted by Crippen LogP contribution is 2.31. The summed E-state index contributed by atoms with van der Waals surface area (Å²) < 4.78 is 43.9. The van der Waals surface area contributed by atoms with E-state index >= 15 is 0 Å². The maximum absolute atomic E-state index is 14.7. The predicted octanol–water partition coefficient (Wildman–Crippen LogP) is 4.74. The van der Waals surface area contributed by atoms with E-state index < -0.39 is 27.4 Å². The SMILES string of the molecule is CC(N[S@@](=O)C(C)(C)C)c1ccnc2c(F)cc(-c3nc(Cl)ncc3F)cc12. The topological polar surface area (TPSA) is 67.8 Å². The third kappa shape index (κ3) is 4.19. The van der Waals surface area contributed by atoms with Crippen LogP contribution in [0.15, 0.2) is 30.6 Å². The Labute approximate surface area is 169 Å². The molecule has 0 amide bonds. The third-order valence-electron chi connectivity index (χ3n) is 4.13. The minimum absolute atomic E-state index is 0.102. The largest absolute Gasteiger partial charge is 0.253 e. The van der Waals surface area contributed by atoms with Gasteiger partial charge in [-0.1, -0.05) is 0 Å². The van der Waals surface area contributed by atoms with Gasteiger partial charge in [0.05, 0.1) is 21.9 Å². The van der Waals surface area contributed by atoms with Crippen LogP contribution in [-0.2, 0) is 11.0 Å². The van der Waals surface area contributed by atoms with Crippen LogP contribution in [0.25, 0.3) is 22.2 Å². The van der Waals surface area contributed by atoms with E-state index in [0.717, 1.165) is 12.3 Å². The summed E-state index contributed by atoms with van der Waals surface area (Å²) in [4.78, 5) is 11.5. The predicted molar refractivity (Wildman–Crippen MR) is 107 cm³/mol. The van der Waals surface area contributed by atoms with Crippen molar-refractivity contribution in [3.05, 3.63) is 53.1 Å². The van der Waals surface area contributed by atoms with Crippen LogP contribution in [0.3, 0.4) is 0 Å². The Hall–Kier alpha value is -2.03. The van der Waals surface area contributed by atoms with Crippen molar-refractivity contribution in [2.45, 2.75) is 38.5 Å². The second-order valence-electron chi connectivity index (χ2n) is 7.31. The van der Waals surface area contributed by atoms with E-state index in [-0.39, 0.29) is 28.1 Å². The molecule has 0 aliphatic rings. The molecule has 0 aliphatic carbocycles. The third-order valence-corrected chi connectivity index (χ3v) is 5.99. The van der Waals surface area contributed by atoms with Crippen LogP contribution in [0.5, 0.6) is 0 Å². The summed E-state index contributed by atoms with van der Waals surface area (Å²) in [7, 11) is -1.33. The molecule has 1 N–H and O–H groups in total. The molecule has 28 heavy (non-hydrogen) atoms. The van der Waals surface area contributed by atoms with Crippen molar-refractivity contribution in [2.75, 3.05) is 0 Å². The van der Waals surface area contributed by atoms with Gasteiger partial charge in [0.1, 0.15) is 17.0 Å². The van der Waals surface area contributed by atoms with Crippen molar-refractivity contribution < 1.29 is 13.0 Å². The minimum atomic E-state index is -1.33. The number of pyridine rings is 1. The van der Waals surface area contributed by atoms with Crippen molar-refractivity contribution in [2.24, 2.45) is 0 Å². The smallest absolute Gasteiger partial charge is 0.223 e. The van der Waals surface area contributed by atoms with Crippen LogP contribution in [-0.4, -0.2) is 23.9 Å². The van der Waals surface area contributed by atoms with Gasteiger partial charge in [-0.25, -0.2) is 27.7 Å². The van der Waals surface area contributed by atoms with Gasteiger partial charge < -0.3 is 0 Å². The van der Waals surface area contributed by atoms with Crippen LogP contribution in [0.2, 0.25) is 5.28 Å². The van der Waals surface area contributed by atoms with Crippen LogP contribution in [0.1, 0.15) is 39.3 Å². The molecule has 1 unspecified atom stereocenters. The molecule has 1 aromatic carbocycles. The Balaban J connectivity index is 2.14. The number of hydrogen-bond acceptors (Lipinski definition) is 4. The number of nitrogens with zero attached hydrogens (tertiary/aromatic N) is 3. The summed E-state index contributed by atoms with van der Waals surface area (Å²) in [6.45, 7) is 7.39. The molecule has 0 bridgehead atoms. The monoisotopic (exact) mass is 424 g/mol. The van der Waals surface area contributed by atoms with Gasteiger partial charge in [0.25, 0.3) is 0 Å². The first-order valence-electron chi connectivity index (χ1n) is 8.52. The Morgan fingerprint density at radius 3 is 2.57 bits per heavy atom. The van der Waals surface area contributed by atoms with Gasteiger partial charge >= 0.3 is 0 Å². The van der Waals surface area contributed by atoms with Gasteiger partial charge in [-0.15, -0.1) is 0 Å². The molecule has 0 saturated heterocycles. The first kappa shape index (κ1) is 20.7. The first-order chi connectivity index (χ1) is 13.1. The quantitative estimate of drug-likeness (QED) is 0.614. The minimum Gasteiger partial charge on any atom is -0.253 e. The second kappa shape index (κ2) is 7.77. The molecule has 3 rings (SSSR count). The molecule has 3 aromatic rings. The number of hydrogen-bond donors (Lipinski definition) is 1. The summed E-state index contributed by atoms with van der Waals surface area (Å²) in [6, 6.07) is 4.11. The lowest BCUT2D eigenvalue weighted by Crippen LogP contribution is -2.34. The van der Waals surface area contributed by atoms with E-state index in [1.165, 1.54) is 6.20 Å². The van der Waals surface area contributed by atoms with Crippen molar-refractivity contribution in [3.63, 3.8) is 0 Å². The van der Waals surface area contributed by atoms with E-state index in [1.807, 2.05) is 27.7 Å². The van der Waals surface area contributed by atoms with Crippen molar-refractivity contribution in [3.8, 4) is 11.3 Å². The van der Waals surface area contributed by atoms with Gasteiger partial charge in [-0.2, -0.15) is 0 Å². The molecule has 0 spiro atoms. The lowest BCUT2D eigenvalue weighted by Gasteiger charge is -2.23. The van der Waals surface area contributed by atoms with E-state index in [1.54, 1.807) is 12.1 Å². The zero-order valence-corrected chi connectivity index (χ0v) is 17.3. The van der Waals surface area contributed by atoms with Crippen LogP contribution >= 0.6 is 11.6 Å². The molecular weight excluding hydrogens is 406 g/mol. The fourth-order valence-electron chi connectivity index (χ4n) is 2.70. The molecule has 0 radical (unpaired) electrons. The molecule has 2 heterocycles. The van der Waals surface area contributed by atoms with E-state index in [2.05, 4.69) is 19.7 Å². The Bertz CT molecular complexity index is 1070. The zero-order valence-electron chi connectivity index (χ0n) is 15.8. The molecule has 0 fully saturated rings. The van der Waals surface area contributed by atoms with Gasteiger partial charge in [0.15, 0.2) is 5.82 Å². The molecule has 9 heteroatoms. The van der Waals surface area contributed by atoms with Crippen LogP contribution in [0, 0.1) is 11.6 Å². The van der Waals surface area contributed by atoms with Crippen molar-refractivity contribution in [1.82, 2.24) is 19.7 Å². The molecule has 0 saturated carbocycles. The fourth-order valence-corrected chi connectivity index (χ4v) is 3.63. The van der Waals surface area contributed by atoms with Crippen LogP contribution < -0.4 is 4.72 Å². The molecule has 148 valence electrons. The van der Waals surface area contributed by atoms with Crippen LogP contribution in [0.4, 0.5) is 8.78 Å². The van der Waals surface area contributed by atoms with E-state index in [0.29, 0.717) is 10.9 Å². The summed E-state index contributed by atoms with van der Waals surface area (Å²) in [5.41, 5.74) is 0.931. The van der Waals surface area contributed by atoms with E-state index in [9.17, 15) is 13.0 Å². The van der Waals surface area contributed by atoms with Crippen molar-refractivity contribution >= 4 is 33.5 Å². The number of nitrogens with one attached hydrogen (secondary N) is 1. The summed E-state index contributed by atoms with van der Waals surface area (Å²) >= 11 is 5.77.